The van der Waals surface area contributed by atoms with Crippen molar-refractivity contribution in [3.8, 4) is 6.07 Å². The number of nitrogens with zero attached hydrogens (tertiary/aromatic N) is 1. The van der Waals surface area contributed by atoms with E-state index in [-0.39, 0.29) is 16.9 Å². The van der Waals surface area contributed by atoms with Crippen LogP contribution in [0.25, 0.3) is 0 Å². The number of carbonyl (C=O) groups excluding carboxylic acids is 1. The molecule has 112 valence electrons. The Morgan fingerprint density at radius 2 is 1.73 bits per heavy atom. The molecule has 0 aromatic heterocycles. The van der Waals surface area contributed by atoms with Crippen LogP contribution in [0.2, 0.25) is 0 Å². The Hall–Kier alpha value is -2.52. The molecule has 0 heterocycles. The Kier molecular flexibility index (Phi) is 4.68. The molecule has 0 aliphatic rings. The lowest BCUT2D eigenvalue weighted by atomic mass is 10.1. The molecule has 0 aliphatic carbocycles. The molecule has 0 fully saturated rings. The highest BCUT2D eigenvalue weighted by atomic mass is 32.2. The van der Waals surface area contributed by atoms with E-state index in [1.165, 1.54) is 18.2 Å². The second-order valence-electron chi connectivity index (χ2n) is 4.73. The summed E-state index contributed by atoms with van der Waals surface area (Å²) in [4.78, 5) is 11.9. The Labute approximate surface area is 127 Å². The first kappa shape index (κ1) is 15.9. The van der Waals surface area contributed by atoms with Crippen molar-refractivity contribution in [2.75, 3.05) is 5.75 Å². The van der Waals surface area contributed by atoms with Gasteiger partial charge in [0.1, 0.15) is 11.6 Å². The molecule has 2 aromatic rings. The first-order valence-corrected chi connectivity index (χ1v) is 8.20. The lowest BCUT2D eigenvalue weighted by Gasteiger charge is -2.06. The van der Waals surface area contributed by atoms with Crippen molar-refractivity contribution < 1.29 is 17.6 Å². The van der Waals surface area contributed by atoms with E-state index in [1.807, 2.05) is 6.07 Å². The average molecular weight is 317 g/mol. The molecule has 0 radical (unpaired) electrons. The molecule has 0 saturated heterocycles. The van der Waals surface area contributed by atoms with E-state index in [4.69, 9.17) is 5.26 Å². The largest absolute Gasteiger partial charge is 0.293 e. The van der Waals surface area contributed by atoms with E-state index in [9.17, 15) is 17.6 Å². The molecule has 0 N–H and O–H groups in total. The fraction of sp³-hybridized carbons (Fsp3) is 0.125. The number of nitriles is 1. The van der Waals surface area contributed by atoms with Crippen LogP contribution in [0, 0.1) is 17.1 Å². The number of rotatable bonds is 5. The van der Waals surface area contributed by atoms with Gasteiger partial charge in [-0.3, -0.25) is 4.79 Å². The molecule has 22 heavy (non-hydrogen) atoms. The summed E-state index contributed by atoms with van der Waals surface area (Å²) >= 11 is 0. The zero-order chi connectivity index (χ0) is 16.2. The van der Waals surface area contributed by atoms with Gasteiger partial charge < -0.3 is 0 Å². The van der Waals surface area contributed by atoms with Crippen molar-refractivity contribution in [2.24, 2.45) is 0 Å². The molecule has 0 unspecified atom stereocenters. The van der Waals surface area contributed by atoms with Gasteiger partial charge in [-0.1, -0.05) is 18.2 Å². The minimum atomic E-state index is -3.72. The Morgan fingerprint density at radius 3 is 2.36 bits per heavy atom. The van der Waals surface area contributed by atoms with Crippen molar-refractivity contribution in [3.05, 3.63) is 71.0 Å². The van der Waals surface area contributed by atoms with Gasteiger partial charge in [-0.25, -0.2) is 12.8 Å². The average Bonchev–Trinajstić information content (AvgIpc) is 2.47. The highest BCUT2D eigenvalue weighted by Crippen LogP contribution is 2.13. The van der Waals surface area contributed by atoms with Crippen LogP contribution in [0.1, 0.15) is 21.5 Å². The number of ketones is 1. The van der Waals surface area contributed by atoms with Crippen LogP contribution in [-0.4, -0.2) is 20.0 Å². The maximum Gasteiger partial charge on any atom is 0.177 e. The molecule has 4 nitrogen and oxygen atoms in total. The third-order valence-electron chi connectivity index (χ3n) is 3.03. The van der Waals surface area contributed by atoms with Crippen molar-refractivity contribution in [1.29, 1.82) is 5.26 Å². The molecule has 0 saturated carbocycles. The lowest BCUT2D eigenvalue weighted by molar-refractivity contribution is 0.102. The van der Waals surface area contributed by atoms with E-state index in [0.29, 0.717) is 5.56 Å². The van der Waals surface area contributed by atoms with Crippen LogP contribution in [0.3, 0.4) is 0 Å². The Balaban J connectivity index is 2.16. The van der Waals surface area contributed by atoms with E-state index in [2.05, 4.69) is 0 Å². The number of halogens is 1. The molecule has 6 heteroatoms. The quantitative estimate of drug-likeness (QED) is 0.794. The molecule has 2 aromatic carbocycles. The van der Waals surface area contributed by atoms with Crippen molar-refractivity contribution in [3.63, 3.8) is 0 Å². The number of Topliss-reactive ketones (excluding diaryl/α,β-unsaturated/α-hetero) is 1. The highest BCUT2D eigenvalue weighted by molar-refractivity contribution is 7.91. The number of carbonyl (C=O) groups is 1. The summed E-state index contributed by atoms with van der Waals surface area (Å²) in [6, 6.07) is 12.9. The smallest absolute Gasteiger partial charge is 0.177 e. The fourth-order valence-corrected chi connectivity index (χ4v) is 3.36. The van der Waals surface area contributed by atoms with Gasteiger partial charge in [-0.2, -0.15) is 5.26 Å². The van der Waals surface area contributed by atoms with Crippen LogP contribution in [0.4, 0.5) is 4.39 Å². The summed E-state index contributed by atoms with van der Waals surface area (Å²) in [5.41, 5.74) is 0.760. The zero-order valence-electron chi connectivity index (χ0n) is 11.5. The summed E-state index contributed by atoms with van der Waals surface area (Å²) in [5, 5.41) is 8.95. The topological polar surface area (TPSA) is 75.0 Å². The molecular weight excluding hydrogens is 305 g/mol. The van der Waals surface area contributed by atoms with Gasteiger partial charge in [0.2, 0.25) is 0 Å². The van der Waals surface area contributed by atoms with Crippen molar-refractivity contribution >= 4 is 15.6 Å². The standard InChI is InChI=1S/C16H12FNO3S/c17-15-7-5-12(6-8-15)16(19)11-22(20,21)10-14-4-2-1-3-13(14)9-18/h1-8H,10-11H2. The summed E-state index contributed by atoms with van der Waals surface area (Å²) in [6.45, 7) is 0. The van der Waals surface area contributed by atoms with Crippen LogP contribution in [0.5, 0.6) is 0 Å². The maximum absolute atomic E-state index is 12.8. The summed E-state index contributed by atoms with van der Waals surface area (Å²) in [5.74, 6) is -2.17. The van der Waals surface area contributed by atoms with E-state index in [0.717, 1.165) is 12.1 Å². The Bertz CT molecular complexity index is 836. The second kappa shape index (κ2) is 6.50. The molecule has 0 bridgehead atoms. The maximum atomic E-state index is 12.8. The highest BCUT2D eigenvalue weighted by Gasteiger charge is 2.20. The lowest BCUT2D eigenvalue weighted by Crippen LogP contribution is -2.18. The molecule has 2 rings (SSSR count). The van der Waals surface area contributed by atoms with Gasteiger partial charge in [0, 0.05) is 5.56 Å². The predicted molar refractivity (Wildman–Crippen MR) is 79.4 cm³/mol. The second-order valence-corrected chi connectivity index (χ2v) is 6.80. The monoisotopic (exact) mass is 317 g/mol. The SMILES string of the molecule is N#Cc1ccccc1CS(=O)(=O)CC(=O)c1ccc(F)cc1. The first-order chi connectivity index (χ1) is 10.4. The van der Waals surface area contributed by atoms with Crippen molar-refractivity contribution in [2.45, 2.75) is 5.75 Å². The van der Waals surface area contributed by atoms with E-state index >= 15 is 0 Å². The molecular formula is C16H12FNO3S. The molecule has 0 spiro atoms. The van der Waals surface area contributed by atoms with Gasteiger partial charge >= 0.3 is 0 Å². The minimum Gasteiger partial charge on any atom is -0.293 e. The normalized spacial score (nSPS) is 10.9. The third-order valence-corrected chi connectivity index (χ3v) is 4.48. The summed E-state index contributed by atoms with van der Waals surface area (Å²) in [6.07, 6.45) is 0. The number of hydrogen-bond acceptors (Lipinski definition) is 4. The van der Waals surface area contributed by atoms with Crippen molar-refractivity contribution in [1.82, 2.24) is 0 Å². The van der Waals surface area contributed by atoms with Crippen LogP contribution >= 0.6 is 0 Å². The summed E-state index contributed by atoms with van der Waals surface area (Å²) in [7, 11) is -3.72. The predicted octanol–water partition coefficient (Wildman–Crippen LogP) is 2.50. The van der Waals surface area contributed by atoms with Gasteiger partial charge in [-0.15, -0.1) is 0 Å². The van der Waals surface area contributed by atoms with Crippen LogP contribution < -0.4 is 0 Å². The van der Waals surface area contributed by atoms with Gasteiger partial charge in [0.05, 0.1) is 17.4 Å². The van der Waals surface area contributed by atoms with Gasteiger partial charge in [-0.05, 0) is 35.9 Å². The summed E-state index contributed by atoms with van der Waals surface area (Å²) < 4.78 is 37.0. The Morgan fingerprint density at radius 1 is 1.09 bits per heavy atom. The number of sulfone groups is 1. The van der Waals surface area contributed by atoms with Crippen LogP contribution in [-0.2, 0) is 15.6 Å². The van der Waals surface area contributed by atoms with Crippen LogP contribution in [0.15, 0.2) is 48.5 Å². The fourth-order valence-electron chi connectivity index (χ4n) is 1.96. The van der Waals surface area contributed by atoms with Gasteiger partial charge in [0.25, 0.3) is 0 Å². The number of benzene rings is 2. The molecule has 0 aliphatic heterocycles. The number of hydrogen-bond donors (Lipinski definition) is 0. The minimum absolute atomic E-state index is 0.138. The molecule has 0 amide bonds. The van der Waals surface area contributed by atoms with Gasteiger partial charge in [0.15, 0.2) is 15.6 Å². The van der Waals surface area contributed by atoms with E-state index in [1.54, 1.807) is 18.2 Å². The third kappa shape index (κ3) is 3.99. The van der Waals surface area contributed by atoms with E-state index < -0.39 is 27.2 Å². The molecule has 0 atom stereocenters. The zero-order valence-corrected chi connectivity index (χ0v) is 12.3. The first-order valence-electron chi connectivity index (χ1n) is 6.38.